The van der Waals surface area contributed by atoms with Gasteiger partial charge in [0.25, 0.3) is 0 Å². The van der Waals surface area contributed by atoms with Gasteiger partial charge in [0.1, 0.15) is 0 Å². The van der Waals surface area contributed by atoms with Crippen molar-refractivity contribution in [3.05, 3.63) is 29.3 Å². The van der Waals surface area contributed by atoms with Crippen LogP contribution < -0.4 is 11.1 Å². The first kappa shape index (κ1) is 18.0. The van der Waals surface area contributed by atoms with Crippen LogP contribution in [0.2, 0.25) is 0 Å². The number of rotatable bonds is 5. The molecule has 4 nitrogen and oxygen atoms in total. The van der Waals surface area contributed by atoms with Crippen molar-refractivity contribution < 1.29 is 9.59 Å². The molecule has 0 radical (unpaired) electrons. The third kappa shape index (κ3) is 4.73. The Hall–Kier alpha value is -1.04. The van der Waals surface area contributed by atoms with Gasteiger partial charge in [-0.2, -0.15) is 11.8 Å². The maximum Gasteiger partial charge on any atom is 0.241 e. The normalized spacial score (nSPS) is 14.9. The quantitative estimate of drug-likeness (QED) is 0.871. The van der Waals surface area contributed by atoms with Crippen LogP contribution >= 0.6 is 24.2 Å². The van der Waals surface area contributed by atoms with E-state index in [9.17, 15) is 9.59 Å². The minimum atomic E-state index is -0.505. The molecular formula is C15H21ClN2O2S. The zero-order chi connectivity index (χ0) is 14.5. The Morgan fingerprint density at radius 1 is 1.43 bits per heavy atom. The maximum absolute atomic E-state index is 11.9. The Kier molecular flexibility index (Phi) is 7.22. The number of amides is 1. The fraction of sp³-hybridized carbons (Fsp3) is 0.467. The second-order valence-corrected chi connectivity index (χ2v) is 6.01. The van der Waals surface area contributed by atoms with E-state index in [-0.39, 0.29) is 24.1 Å². The van der Waals surface area contributed by atoms with E-state index in [1.807, 2.05) is 18.4 Å². The zero-order valence-electron chi connectivity index (χ0n) is 12.1. The van der Waals surface area contributed by atoms with Gasteiger partial charge in [0.05, 0.1) is 6.04 Å². The summed E-state index contributed by atoms with van der Waals surface area (Å²) in [5.41, 5.74) is 8.30. The lowest BCUT2D eigenvalue weighted by Gasteiger charge is -2.17. The lowest BCUT2D eigenvalue weighted by atomic mass is 9.90. The summed E-state index contributed by atoms with van der Waals surface area (Å²) in [7, 11) is 0. The number of Topliss-reactive ketones (excluding diaryl/α,β-unsaturated/α-hetero) is 1. The van der Waals surface area contributed by atoms with E-state index in [0.29, 0.717) is 18.5 Å². The van der Waals surface area contributed by atoms with Crippen LogP contribution in [0.15, 0.2) is 18.2 Å². The minimum Gasteiger partial charge on any atom is -0.325 e. The van der Waals surface area contributed by atoms with Crippen LogP contribution in [0.5, 0.6) is 0 Å². The molecule has 0 unspecified atom stereocenters. The Bertz CT molecular complexity index is 522. The molecule has 0 fully saturated rings. The van der Waals surface area contributed by atoms with E-state index in [4.69, 9.17) is 5.73 Å². The van der Waals surface area contributed by atoms with Gasteiger partial charge in [0.2, 0.25) is 5.91 Å². The van der Waals surface area contributed by atoms with Crippen LogP contribution in [0.4, 0.5) is 5.69 Å². The first-order valence-corrected chi connectivity index (χ1v) is 8.22. The summed E-state index contributed by atoms with van der Waals surface area (Å²) in [6.07, 6.45) is 5.08. The molecule has 2 rings (SSSR count). The summed E-state index contributed by atoms with van der Waals surface area (Å²) in [6, 6.07) is 5.04. The van der Waals surface area contributed by atoms with Gasteiger partial charge in [-0.3, -0.25) is 9.59 Å². The Morgan fingerprint density at radius 3 is 2.90 bits per heavy atom. The first-order chi connectivity index (χ1) is 9.61. The lowest BCUT2D eigenvalue weighted by molar-refractivity contribution is -0.117. The first-order valence-electron chi connectivity index (χ1n) is 6.83. The van der Waals surface area contributed by atoms with Crippen molar-refractivity contribution in [3.8, 4) is 0 Å². The van der Waals surface area contributed by atoms with Gasteiger partial charge in [0.15, 0.2) is 5.78 Å². The number of carbonyl (C=O) groups excluding carboxylic acids is 2. The highest BCUT2D eigenvalue weighted by Gasteiger charge is 2.18. The number of anilines is 1. The number of fused-ring (bicyclic) bond motifs is 1. The molecule has 3 N–H and O–H groups in total. The second kappa shape index (κ2) is 8.41. The third-order valence-electron chi connectivity index (χ3n) is 3.50. The molecule has 0 saturated carbocycles. The average molecular weight is 329 g/mol. The van der Waals surface area contributed by atoms with Crippen LogP contribution in [0.25, 0.3) is 0 Å². The van der Waals surface area contributed by atoms with Crippen molar-refractivity contribution in [1.82, 2.24) is 0 Å². The summed E-state index contributed by atoms with van der Waals surface area (Å²) in [5, 5.41) is 2.80. The largest absolute Gasteiger partial charge is 0.325 e. The molecule has 116 valence electrons. The van der Waals surface area contributed by atoms with Gasteiger partial charge in [-0.05, 0) is 49.0 Å². The molecule has 1 aromatic carbocycles. The summed E-state index contributed by atoms with van der Waals surface area (Å²) in [4.78, 5) is 23.8. The molecule has 1 amide bonds. The molecule has 1 atom stereocenters. The predicted octanol–water partition coefficient (Wildman–Crippen LogP) is 2.65. The Labute approximate surface area is 135 Å². The van der Waals surface area contributed by atoms with E-state index in [2.05, 4.69) is 5.32 Å². The standard InChI is InChI=1S/C15H20N2O2S.ClH/c1-20-8-7-13(16)15(19)17-11-6-5-10-3-2-4-14(18)12(10)9-11;/h5-6,9,13H,2-4,7-8,16H2,1H3,(H,17,19);1H/t13-;/m0./s1. The molecular weight excluding hydrogens is 308 g/mol. The van der Waals surface area contributed by atoms with Gasteiger partial charge in [0, 0.05) is 17.7 Å². The van der Waals surface area contributed by atoms with Crippen molar-refractivity contribution in [1.29, 1.82) is 0 Å². The van der Waals surface area contributed by atoms with Gasteiger partial charge in [-0.15, -0.1) is 12.4 Å². The zero-order valence-corrected chi connectivity index (χ0v) is 13.7. The number of benzene rings is 1. The molecule has 0 spiro atoms. The maximum atomic E-state index is 11.9. The third-order valence-corrected chi connectivity index (χ3v) is 4.14. The van der Waals surface area contributed by atoms with Crippen LogP contribution in [-0.2, 0) is 11.2 Å². The van der Waals surface area contributed by atoms with E-state index in [0.717, 1.165) is 29.7 Å². The van der Waals surface area contributed by atoms with Gasteiger partial charge in [-0.25, -0.2) is 0 Å². The van der Waals surface area contributed by atoms with Crippen molar-refractivity contribution in [3.63, 3.8) is 0 Å². The van der Waals surface area contributed by atoms with Crippen molar-refractivity contribution >= 4 is 41.5 Å². The molecule has 1 aromatic rings. The lowest BCUT2D eigenvalue weighted by Crippen LogP contribution is -2.36. The summed E-state index contributed by atoms with van der Waals surface area (Å²) < 4.78 is 0. The van der Waals surface area contributed by atoms with Crippen molar-refractivity contribution in [2.45, 2.75) is 31.7 Å². The number of thioether (sulfide) groups is 1. The molecule has 6 heteroatoms. The summed E-state index contributed by atoms with van der Waals surface area (Å²) in [5.74, 6) is 0.827. The van der Waals surface area contributed by atoms with Crippen molar-refractivity contribution in [2.75, 3.05) is 17.3 Å². The van der Waals surface area contributed by atoms with E-state index >= 15 is 0 Å². The molecule has 21 heavy (non-hydrogen) atoms. The fourth-order valence-electron chi connectivity index (χ4n) is 2.32. The molecule has 1 aliphatic rings. The van der Waals surface area contributed by atoms with Crippen LogP contribution in [0.3, 0.4) is 0 Å². The number of hydrogen-bond acceptors (Lipinski definition) is 4. The molecule has 1 aliphatic carbocycles. The number of hydrogen-bond donors (Lipinski definition) is 2. The van der Waals surface area contributed by atoms with Crippen LogP contribution in [0, 0.1) is 0 Å². The molecule has 0 saturated heterocycles. The number of aryl methyl sites for hydroxylation is 1. The monoisotopic (exact) mass is 328 g/mol. The van der Waals surface area contributed by atoms with Gasteiger partial charge < -0.3 is 11.1 Å². The number of ketones is 1. The Morgan fingerprint density at radius 2 is 2.19 bits per heavy atom. The summed E-state index contributed by atoms with van der Waals surface area (Å²) >= 11 is 1.67. The fourth-order valence-corrected chi connectivity index (χ4v) is 2.81. The van der Waals surface area contributed by atoms with Gasteiger partial charge >= 0.3 is 0 Å². The van der Waals surface area contributed by atoms with E-state index in [1.165, 1.54) is 0 Å². The smallest absolute Gasteiger partial charge is 0.241 e. The predicted molar refractivity (Wildman–Crippen MR) is 90.6 cm³/mol. The van der Waals surface area contributed by atoms with Crippen molar-refractivity contribution in [2.24, 2.45) is 5.73 Å². The molecule has 0 heterocycles. The molecule has 0 bridgehead atoms. The second-order valence-electron chi connectivity index (χ2n) is 5.03. The minimum absolute atomic E-state index is 0. The Balaban J connectivity index is 0.00000220. The highest BCUT2D eigenvalue weighted by Crippen LogP contribution is 2.24. The SMILES string of the molecule is CSCC[C@H](N)C(=O)Nc1ccc2c(c1)C(=O)CCC2.Cl. The number of nitrogens with two attached hydrogens (primary N) is 1. The highest BCUT2D eigenvalue weighted by molar-refractivity contribution is 7.98. The van der Waals surface area contributed by atoms with E-state index < -0.39 is 6.04 Å². The van der Waals surface area contributed by atoms with E-state index in [1.54, 1.807) is 17.8 Å². The molecule has 0 aromatic heterocycles. The number of halogens is 1. The van der Waals surface area contributed by atoms with Crippen LogP contribution in [0.1, 0.15) is 35.2 Å². The molecule has 0 aliphatic heterocycles. The summed E-state index contributed by atoms with van der Waals surface area (Å²) in [6.45, 7) is 0. The average Bonchev–Trinajstić information content (AvgIpc) is 2.45. The van der Waals surface area contributed by atoms with Gasteiger partial charge in [-0.1, -0.05) is 6.07 Å². The number of carbonyl (C=O) groups is 2. The topological polar surface area (TPSA) is 72.2 Å². The highest BCUT2D eigenvalue weighted by atomic mass is 35.5. The number of nitrogens with one attached hydrogen (secondary N) is 1. The van der Waals surface area contributed by atoms with Crippen LogP contribution in [-0.4, -0.2) is 29.7 Å².